The van der Waals surface area contributed by atoms with Gasteiger partial charge in [0.2, 0.25) is 0 Å². The van der Waals surface area contributed by atoms with E-state index >= 15 is 0 Å². The average molecular weight is 247 g/mol. The van der Waals surface area contributed by atoms with E-state index in [0.29, 0.717) is 5.56 Å². The zero-order chi connectivity index (χ0) is 13.2. The number of pyridine rings is 1. The van der Waals surface area contributed by atoms with Gasteiger partial charge in [0, 0.05) is 23.8 Å². The minimum absolute atomic E-state index is 0.00579. The van der Waals surface area contributed by atoms with Crippen molar-refractivity contribution in [2.45, 2.75) is 45.1 Å². The van der Waals surface area contributed by atoms with Crippen molar-refractivity contribution in [1.82, 2.24) is 10.3 Å². The number of amides is 1. The zero-order valence-corrected chi connectivity index (χ0v) is 11.3. The van der Waals surface area contributed by atoms with Crippen molar-refractivity contribution in [2.24, 2.45) is 0 Å². The summed E-state index contributed by atoms with van der Waals surface area (Å²) in [6.45, 7) is 4.19. The number of aryl methyl sites for hydroxylation is 1. The van der Waals surface area contributed by atoms with Crippen molar-refractivity contribution >= 4 is 11.7 Å². The highest BCUT2D eigenvalue weighted by Crippen LogP contribution is 2.34. The number of anilines is 1. The molecule has 0 unspecified atom stereocenters. The van der Waals surface area contributed by atoms with Gasteiger partial charge in [-0.05, 0) is 38.3 Å². The van der Waals surface area contributed by atoms with Crippen molar-refractivity contribution < 1.29 is 4.79 Å². The number of nitrogens with one attached hydrogen (secondary N) is 2. The van der Waals surface area contributed by atoms with Crippen LogP contribution in [0.3, 0.4) is 0 Å². The molecule has 2 N–H and O–H groups in total. The van der Waals surface area contributed by atoms with Gasteiger partial charge in [0.1, 0.15) is 5.82 Å². The Bertz CT molecular complexity index is 452. The fourth-order valence-electron chi connectivity index (χ4n) is 1.89. The van der Waals surface area contributed by atoms with E-state index in [-0.39, 0.29) is 11.4 Å². The third-order valence-electron chi connectivity index (χ3n) is 3.32. The van der Waals surface area contributed by atoms with Gasteiger partial charge in [0.25, 0.3) is 5.91 Å². The molecule has 1 aliphatic carbocycles. The monoisotopic (exact) mass is 247 g/mol. The molecule has 0 saturated heterocycles. The van der Waals surface area contributed by atoms with Crippen molar-refractivity contribution in [1.29, 1.82) is 0 Å². The molecular weight excluding hydrogens is 226 g/mol. The molecule has 1 saturated carbocycles. The summed E-state index contributed by atoms with van der Waals surface area (Å²) in [6, 6.07) is 3.70. The molecule has 4 heteroatoms. The largest absolute Gasteiger partial charge is 0.373 e. The number of hydrogen-bond acceptors (Lipinski definition) is 3. The van der Waals surface area contributed by atoms with E-state index in [4.69, 9.17) is 0 Å². The quantitative estimate of drug-likeness (QED) is 0.839. The standard InChI is InChI=1S/C14H21N3O/c1-4-5-11-8-10(9-12(15-3)16-11)13(18)17-14(2)6-7-14/h8-9H,4-7H2,1-3H3,(H,15,16)(H,17,18). The van der Waals surface area contributed by atoms with E-state index in [0.717, 1.165) is 37.2 Å². The summed E-state index contributed by atoms with van der Waals surface area (Å²) in [4.78, 5) is 16.6. The van der Waals surface area contributed by atoms with E-state index in [1.54, 1.807) is 6.07 Å². The molecule has 98 valence electrons. The number of carbonyl (C=O) groups is 1. The van der Waals surface area contributed by atoms with E-state index in [1.807, 2.05) is 13.1 Å². The number of carbonyl (C=O) groups excluding carboxylic acids is 1. The fraction of sp³-hybridized carbons (Fsp3) is 0.571. The molecule has 1 aromatic rings. The van der Waals surface area contributed by atoms with Crippen LogP contribution in [0.4, 0.5) is 5.82 Å². The van der Waals surface area contributed by atoms with Crippen molar-refractivity contribution in [3.05, 3.63) is 23.4 Å². The molecule has 0 aromatic carbocycles. The second-order valence-electron chi connectivity index (χ2n) is 5.25. The lowest BCUT2D eigenvalue weighted by molar-refractivity contribution is 0.0935. The Morgan fingerprint density at radius 1 is 1.44 bits per heavy atom. The van der Waals surface area contributed by atoms with Gasteiger partial charge in [0.05, 0.1) is 0 Å². The van der Waals surface area contributed by atoms with E-state index in [9.17, 15) is 4.79 Å². The predicted molar refractivity (Wildman–Crippen MR) is 72.9 cm³/mol. The van der Waals surface area contributed by atoms with Crippen LogP contribution in [0, 0.1) is 0 Å². The van der Waals surface area contributed by atoms with Crippen LogP contribution in [0.15, 0.2) is 12.1 Å². The molecule has 1 aliphatic rings. The Balaban J connectivity index is 2.19. The van der Waals surface area contributed by atoms with E-state index < -0.39 is 0 Å². The third-order valence-corrected chi connectivity index (χ3v) is 3.32. The summed E-state index contributed by atoms with van der Waals surface area (Å²) in [5, 5.41) is 6.08. The maximum Gasteiger partial charge on any atom is 0.251 e. The maximum absolute atomic E-state index is 12.2. The Labute approximate surface area is 108 Å². The van der Waals surface area contributed by atoms with Crippen LogP contribution >= 0.6 is 0 Å². The number of nitrogens with zero attached hydrogens (tertiary/aromatic N) is 1. The Hall–Kier alpha value is -1.58. The summed E-state index contributed by atoms with van der Waals surface area (Å²) in [5.41, 5.74) is 1.69. The van der Waals surface area contributed by atoms with Gasteiger partial charge >= 0.3 is 0 Å². The molecule has 0 atom stereocenters. The lowest BCUT2D eigenvalue weighted by Gasteiger charge is -2.13. The molecule has 0 spiro atoms. The van der Waals surface area contributed by atoms with E-state index in [2.05, 4.69) is 29.5 Å². The van der Waals surface area contributed by atoms with Gasteiger partial charge < -0.3 is 10.6 Å². The molecule has 18 heavy (non-hydrogen) atoms. The molecule has 1 aromatic heterocycles. The van der Waals surface area contributed by atoms with Crippen LogP contribution in [0.1, 0.15) is 49.2 Å². The first-order valence-electron chi connectivity index (χ1n) is 6.57. The summed E-state index contributed by atoms with van der Waals surface area (Å²) in [7, 11) is 1.82. The summed E-state index contributed by atoms with van der Waals surface area (Å²) >= 11 is 0. The minimum Gasteiger partial charge on any atom is -0.373 e. The number of hydrogen-bond donors (Lipinski definition) is 2. The highest BCUT2D eigenvalue weighted by molar-refractivity contribution is 5.95. The van der Waals surface area contributed by atoms with Gasteiger partial charge in [-0.3, -0.25) is 4.79 Å². The first kappa shape index (κ1) is 12.9. The highest BCUT2D eigenvalue weighted by atomic mass is 16.1. The Morgan fingerprint density at radius 2 is 2.17 bits per heavy atom. The van der Waals surface area contributed by atoms with Gasteiger partial charge in [0.15, 0.2) is 0 Å². The second-order valence-corrected chi connectivity index (χ2v) is 5.25. The summed E-state index contributed by atoms with van der Waals surface area (Å²) in [5.74, 6) is 0.762. The van der Waals surface area contributed by atoms with Gasteiger partial charge in [-0.25, -0.2) is 4.98 Å². The van der Waals surface area contributed by atoms with Crippen molar-refractivity contribution in [3.8, 4) is 0 Å². The summed E-state index contributed by atoms with van der Waals surface area (Å²) in [6.07, 6.45) is 4.07. The normalized spacial score (nSPS) is 16.2. The average Bonchev–Trinajstić information content (AvgIpc) is 3.06. The molecule has 1 amide bonds. The van der Waals surface area contributed by atoms with E-state index in [1.165, 1.54) is 0 Å². The van der Waals surface area contributed by atoms with Gasteiger partial charge in [-0.1, -0.05) is 13.3 Å². The lowest BCUT2D eigenvalue weighted by atomic mass is 10.1. The van der Waals surface area contributed by atoms with Crippen LogP contribution in [0.5, 0.6) is 0 Å². The molecule has 4 nitrogen and oxygen atoms in total. The van der Waals surface area contributed by atoms with Gasteiger partial charge in [-0.15, -0.1) is 0 Å². The topological polar surface area (TPSA) is 54.0 Å². The smallest absolute Gasteiger partial charge is 0.251 e. The highest BCUT2D eigenvalue weighted by Gasteiger charge is 2.38. The first-order valence-corrected chi connectivity index (χ1v) is 6.57. The Kier molecular flexibility index (Phi) is 3.55. The zero-order valence-electron chi connectivity index (χ0n) is 11.3. The fourth-order valence-corrected chi connectivity index (χ4v) is 1.89. The molecular formula is C14H21N3O. The van der Waals surface area contributed by atoms with Gasteiger partial charge in [-0.2, -0.15) is 0 Å². The SMILES string of the molecule is CCCc1cc(C(=O)NC2(C)CC2)cc(NC)n1. The van der Waals surface area contributed by atoms with Crippen LogP contribution in [0.25, 0.3) is 0 Å². The molecule has 1 heterocycles. The number of rotatable bonds is 5. The lowest BCUT2D eigenvalue weighted by Crippen LogP contribution is -2.34. The molecule has 2 rings (SSSR count). The molecule has 0 radical (unpaired) electrons. The first-order chi connectivity index (χ1) is 8.56. The molecule has 0 bridgehead atoms. The molecule has 1 fully saturated rings. The van der Waals surface area contributed by atoms with Crippen LogP contribution < -0.4 is 10.6 Å². The van der Waals surface area contributed by atoms with Crippen molar-refractivity contribution in [2.75, 3.05) is 12.4 Å². The van der Waals surface area contributed by atoms with Crippen LogP contribution in [0.2, 0.25) is 0 Å². The third kappa shape index (κ3) is 3.00. The second kappa shape index (κ2) is 4.96. The number of aromatic nitrogens is 1. The maximum atomic E-state index is 12.2. The minimum atomic E-state index is 0.00579. The Morgan fingerprint density at radius 3 is 2.72 bits per heavy atom. The van der Waals surface area contributed by atoms with Crippen LogP contribution in [-0.2, 0) is 6.42 Å². The summed E-state index contributed by atoms with van der Waals surface area (Å²) < 4.78 is 0. The van der Waals surface area contributed by atoms with Crippen LogP contribution in [-0.4, -0.2) is 23.5 Å². The van der Waals surface area contributed by atoms with Crippen molar-refractivity contribution in [3.63, 3.8) is 0 Å². The predicted octanol–water partition coefficient (Wildman–Crippen LogP) is 2.36. The molecule has 0 aliphatic heterocycles.